The number of hydrogen-bond donors (Lipinski definition) is 1. The second kappa shape index (κ2) is 6.03. The molecule has 2 aromatic heterocycles. The van der Waals surface area contributed by atoms with Crippen LogP contribution in [-0.4, -0.2) is 15.4 Å². The Hall–Kier alpha value is -3.19. The highest BCUT2D eigenvalue weighted by molar-refractivity contribution is 7.17. The Morgan fingerprint density at radius 3 is 2.84 bits per heavy atom. The maximum absolute atomic E-state index is 12.3. The summed E-state index contributed by atoms with van der Waals surface area (Å²) in [5.41, 5.74) is 1.58. The zero-order valence-electron chi connectivity index (χ0n) is 13.0. The van der Waals surface area contributed by atoms with E-state index in [2.05, 4.69) is 5.32 Å². The minimum Gasteiger partial charge on any atom is -0.338 e. The van der Waals surface area contributed by atoms with Crippen molar-refractivity contribution < 1.29 is 9.72 Å². The quantitative estimate of drug-likeness (QED) is 0.437. The van der Waals surface area contributed by atoms with E-state index >= 15 is 0 Å². The molecule has 0 radical (unpaired) electrons. The highest BCUT2D eigenvalue weighted by Gasteiger charge is 2.11. The Bertz CT molecular complexity index is 1110. The molecule has 0 aliphatic carbocycles. The molecule has 7 heteroatoms. The predicted molar refractivity (Wildman–Crippen MR) is 99.0 cm³/mol. The monoisotopic (exact) mass is 351 g/mol. The number of benzene rings is 2. The van der Waals surface area contributed by atoms with Gasteiger partial charge in [0, 0.05) is 39.6 Å². The number of thiophene rings is 1. The fraction of sp³-hybridized carbons (Fsp3) is 0.0556. The number of fused-ring (bicyclic) bond motifs is 2. The lowest BCUT2D eigenvalue weighted by molar-refractivity contribution is -0.384. The summed E-state index contributed by atoms with van der Waals surface area (Å²) in [5.74, 6) is -0.148. The van der Waals surface area contributed by atoms with Crippen LogP contribution in [0.2, 0.25) is 0 Å². The van der Waals surface area contributed by atoms with Gasteiger partial charge in [0.2, 0.25) is 5.91 Å². The summed E-state index contributed by atoms with van der Waals surface area (Å²) in [7, 11) is 0. The molecule has 1 amide bonds. The molecule has 2 heterocycles. The van der Waals surface area contributed by atoms with E-state index in [4.69, 9.17) is 0 Å². The van der Waals surface area contributed by atoms with Crippen molar-refractivity contribution in [1.29, 1.82) is 0 Å². The number of hydrogen-bond acceptors (Lipinski definition) is 4. The topological polar surface area (TPSA) is 77.2 Å². The molecule has 0 spiro atoms. The van der Waals surface area contributed by atoms with Crippen LogP contribution in [0.5, 0.6) is 0 Å². The van der Waals surface area contributed by atoms with Crippen LogP contribution in [0.1, 0.15) is 0 Å². The maximum atomic E-state index is 12.3. The van der Waals surface area contributed by atoms with Gasteiger partial charge in [0.25, 0.3) is 5.69 Å². The minimum atomic E-state index is -0.427. The summed E-state index contributed by atoms with van der Waals surface area (Å²) in [6.45, 7) is 0.142. The smallest absolute Gasteiger partial charge is 0.270 e. The van der Waals surface area contributed by atoms with Gasteiger partial charge in [-0.25, -0.2) is 0 Å². The molecule has 25 heavy (non-hydrogen) atoms. The van der Waals surface area contributed by atoms with Crippen LogP contribution >= 0.6 is 11.3 Å². The Morgan fingerprint density at radius 2 is 2.00 bits per heavy atom. The van der Waals surface area contributed by atoms with Crippen LogP contribution in [-0.2, 0) is 11.3 Å². The minimum absolute atomic E-state index is 0.0405. The van der Waals surface area contributed by atoms with Gasteiger partial charge < -0.3 is 9.88 Å². The summed E-state index contributed by atoms with van der Waals surface area (Å²) in [6, 6.07) is 14.2. The van der Waals surface area contributed by atoms with Crippen LogP contribution in [0.3, 0.4) is 0 Å². The van der Waals surface area contributed by atoms with Crippen molar-refractivity contribution in [3.05, 3.63) is 70.2 Å². The number of aromatic nitrogens is 1. The molecule has 6 nitrogen and oxygen atoms in total. The maximum Gasteiger partial charge on any atom is 0.270 e. The van der Waals surface area contributed by atoms with Crippen molar-refractivity contribution in [2.24, 2.45) is 0 Å². The van der Waals surface area contributed by atoms with Crippen LogP contribution in [0.25, 0.3) is 21.0 Å². The van der Waals surface area contributed by atoms with Gasteiger partial charge in [0.1, 0.15) is 6.54 Å². The lowest BCUT2D eigenvalue weighted by atomic mass is 10.2. The van der Waals surface area contributed by atoms with E-state index < -0.39 is 4.92 Å². The molecule has 1 N–H and O–H groups in total. The van der Waals surface area contributed by atoms with Gasteiger partial charge in [0.15, 0.2) is 0 Å². The van der Waals surface area contributed by atoms with E-state index in [0.717, 1.165) is 22.0 Å². The van der Waals surface area contributed by atoms with Crippen LogP contribution < -0.4 is 5.32 Å². The van der Waals surface area contributed by atoms with Gasteiger partial charge in [-0.15, -0.1) is 11.3 Å². The first kappa shape index (κ1) is 15.3. The van der Waals surface area contributed by atoms with Crippen molar-refractivity contribution in [3.8, 4) is 0 Å². The zero-order chi connectivity index (χ0) is 17.4. The number of amides is 1. The Kier molecular flexibility index (Phi) is 3.70. The first-order valence-electron chi connectivity index (χ1n) is 7.60. The van der Waals surface area contributed by atoms with Gasteiger partial charge in [-0.3, -0.25) is 14.9 Å². The number of nitro benzene ring substituents is 1. The van der Waals surface area contributed by atoms with E-state index in [0.29, 0.717) is 0 Å². The van der Waals surface area contributed by atoms with Crippen molar-refractivity contribution >= 4 is 49.6 Å². The second-order valence-corrected chi connectivity index (χ2v) is 6.61. The van der Waals surface area contributed by atoms with Gasteiger partial charge in [-0.2, -0.15) is 0 Å². The number of carbonyl (C=O) groups excluding carboxylic acids is 1. The third-order valence-corrected chi connectivity index (χ3v) is 4.91. The van der Waals surface area contributed by atoms with Gasteiger partial charge in [0.05, 0.1) is 4.92 Å². The molecular formula is C18H13N3O3S. The van der Waals surface area contributed by atoms with Crippen LogP contribution in [0, 0.1) is 10.1 Å². The molecule has 2 aromatic carbocycles. The number of carbonyl (C=O) groups is 1. The van der Waals surface area contributed by atoms with Gasteiger partial charge in [-0.05, 0) is 47.2 Å². The van der Waals surface area contributed by atoms with E-state index in [-0.39, 0.29) is 18.1 Å². The van der Waals surface area contributed by atoms with E-state index in [9.17, 15) is 14.9 Å². The average Bonchev–Trinajstić information content (AvgIpc) is 3.21. The number of nitrogens with one attached hydrogen (secondary N) is 1. The molecule has 0 unspecified atom stereocenters. The standard InChI is InChI=1S/C18H13N3O3S/c22-18(19-14-1-4-17-13(9-14)6-8-25-17)11-20-7-5-12-10-15(21(23)24)2-3-16(12)20/h1-10H,11H2,(H,19,22). The number of rotatable bonds is 4. The SMILES string of the molecule is O=C(Cn1ccc2cc([N+](=O)[O-])ccc21)Nc1ccc2sccc2c1. The average molecular weight is 351 g/mol. The highest BCUT2D eigenvalue weighted by atomic mass is 32.1. The van der Waals surface area contributed by atoms with E-state index in [1.54, 1.807) is 34.2 Å². The third kappa shape index (κ3) is 2.97. The summed E-state index contributed by atoms with van der Waals surface area (Å²) >= 11 is 1.66. The van der Waals surface area contributed by atoms with Crippen LogP contribution in [0.15, 0.2) is 60.1 Å². The van der Waals surface area contributed by atoms with Crippen LogP contribution in [0.4, 0.5) is 11.4 Å². The predicted octanol–water partition coefficient (Wildman–Crippen LogP) is 4.40. The fourth-order valence-corrected chi connectivity index (χ4v) is 3.61. The normalized spacial score (nSPS) is 11.0. The molecular weight excluding hydrogens is 338 g/mol. The fourth-order valence-electron chi connectivity index (χ4n) is 2.84. The second-order valence-electron chi connectivity index (χ2n) is 5.67. The molecule has 0 atom stereocenters. The molecule has 0 aliphatic rings. The summed E-state index contributed by atoms with van der Waals surface area (Å²) in [4.78, 5) is 22.8. The summed E-state index contributed by atoms with van der Waals surface area (Å²) in [6.07, 6.45) is 1.76. The summed E-state index contributed by atoms with van der Waals surface area (Å²) < 4.78 is 2.95. The van der Waals surface area contributed by atoms with Crippen molar-refractivity contribution in [2.45, 2.75) is 6.54 Å². The van der Waals surface area contributed by atoms with Gasteiger partial charge >= 0.3 is 0 Å². The number of non-ortho nitro benzene ring substituents is 1. The van der Waals surface area contributed by atoms with Crippen molar-refractivity contribution in [1.82, 2.24) is 4.57 Å². The molecule has 0 aliphatic heterocycles. The van der Waals surface area contributed by atoms with Crippen molar-refractivity contribution in [3.63, 3.8) is 0 Å². The lowest BCUT2D eigenvalue weighted by Crippen LogP contribution is -2.18. The van der Waals surface area contributed by atoms with E-state index in [1.165, 1.54) is 16.8 Å². The molecule has 4 aromatic rings. The number of nitrogens with zero attached hydrogens (tertiary/aromatic N) is 2. The first-order valence-corrected chi connectivity index (χ1v) is 8.48. The molecule has 124 valence electrons. The van der Waals surface area contributed by atoms with E-state index in [1.807, 2.05) is 29.6 Å². The first-order chi connectivity index (χ1) is 12.1. The Balaban J connectivity index is 1.54. The number of nitro groups is 1. The Morgan fingerprint density at radius 1 is 1.12 bits per heavy atom. The zero-order valence-corrected chi connectivity index (χ0v) is 13.8. The van der Waals surface area contributed by atoms with Crippen molar-refractivity contribution in [2.75, 3.05) is 5.32 Å². The molecule has 0 fully saturated rings. The van der Waals surface area contributed by atoms with Gasteiger partial charge in [-0.1, -0.05) is 0 Å². The Labute approximate surface area is 146 Å². The lowest BCUT2D eigenvalue weighted by Gasteiger charge is -2.08. The summed E-state index contributed by atoms with van der Waals surface area (Å²) in [5, 5.41) is 17.6. The molecule has 4 rings (SSSR count). The molecule has 0 bridgehead atoms. The number of anilines is 1. The molecule has 0 saturated heterocycles. The molecule has 0 saturated carbocycles. The highest BCUT2D eigenvalue weighted by Crippen LogP contribution is 2.24. The third-order valence-electron chi connectivity index (χ3n) is 4.02. The largest absolute Gasteiger partial charge is 0.338 e.